The molecule has 17 heavy (non-hydrogen) atoms. The van der Waals surface area contributed by atoms with Gasteiger partial charge in [-0.3, -0.25) is 0 Å². The zero-order valence-electron chi connectivity index (χ0n) is 7.59. The van der Waals surface area contributed by atoms with E-state index in [1.807, 2.05) is 0 Å². The molecule has 88 valence electrons. The molecule has 0 N–H and O–H groups in total. The maximum absolute atomic E-state index is 10.9. The van der Waals surface area contributed by atoms with E-state index in [1.54, 1.807) is 0 Å². The second-order valence-electron chi connectivity index (χ2n) is 2.79. The fourth-order valence-corrected chi connectivity index (χ4v) is 4.32. The standard InChI is InChI=1S/C6Br2N4O4Se/c7-1-3-6(17-10-9-3)2(8)5(12(15)16)4(1)11(13)14. The average Bonchev–Trinajstić information content (AvgIpc) is 2.70. The molecule has 1 heterocycles. The molecule has 0 saturated carbocycles. The van der Waals surface area contributed by atoms with Gasteiger partial charge in [-0.15, -0.1) is 0 Å². The molecular weight excluding hydrogens is 431 g/mol. The minimum absolute atomic E-state index is 0.00414. The Hall–Kier alpha value is -0.901. The molecule has 0 spiro atoms. The molecule has 0 aliphatic heterocycles. The van der Waals surface area contributed by atoms with Crippen LogP contribution in [-0.4, -0.2) is 33.8 Å². The van der Waals surface area contributed by atoms with E-state index in [9.17, 15) is 20.2 Å². The van der Waals surface area contributed by atoms with Crippen LogP contribution in [0.4, 0.5) is 11.4 Å². The third-order valence-corrected chi connectivity index (χ3v) is 5.57. The van der Waals surface area contributed by atoms with E-state index < -0.39 is 36.0 Å². The Morgan fingerprint density at radius 3 is 2.12 bits per heavy atom. The number of hydrogen-bond donors (Lipinski definition) is 0. The van der Waals surface area contributed by atoms with Gasteiger partial charge in [0, 0.05) is 0 Å². The molecule has 0 fully saturated rings. The van der Waals surface area contributed by atoms with E-state index in [4.69, 9.17) is 0 Å². The van der Waals surface area contributed by atoms with E-state index in [0.29, 0.717) is 4.26 Å². The third-order valence-electron chi connectivity index (χ3n) is 1.90. The molecule has 2 rings (SSSR count). The Balaban J connectivity index is 3.03. The summed E-state index contributed by atoms with van der Waals surface area (Å²) in [5.74, 6) is 0. The van der Waals surface area contributed by atoms with Crippen LogP contribution in [0.2, 0.25) is 0 Å². The number of benzene rings is 1. The summed E-state index contributed by atoms with van der Waals surface area (Å²) in [6, 6.07) is 0. The normalized spacial score (nSPS) is 10.7. The summed E-state index contributed by atoms with van der Waals surface area (Å²) < 4.78 is 4.36. The molecule has 1 aromatic heterocycles. The van der Waals surface area contributed by atoms with Crippen LogP contribution in [0.1, 0.15) is 0 Å². The summed E-state index contributed by atoms with van der Waals surface area (Å²) in [6.45, 7) is 0. The van der Waals surface area contributed by atoms with Crippen LogP contribution in [0.15, 0.2) is 8.95 Å². The first-order valence-electron chi connectivity index (χ1n) is 3.87. The number of aromatic nitrogens is 2. The molecule has 0 atom stereocenters. The van der Waals surface area contributed by atoms with Crippen molar-refractivity contribution in [3.05, 3.63) is 29.2 Å². The average molecular weight is 431 g/mol. The van der Waals surface area contributed by atoms with Crippen LogP contribution in [0.5, 0.6) is 0 Å². The second kappa shape index (κ2) is 4.41. The number of fused-ring (bicyclic) bond motifs is 1. The first-order valence-corrected chi connectivity index (χ1v) is 7.07. The Morgan fingerprint density at radius 2 is 1.59 bits per heavy atom. The number of hydrogen-bond acceptors (Lipinski definition) is 6. The Labute approximate surface area is 116 Å². The number of rotatable bonds is 2. The van der Waals surface area contributed by atoms with E-state index in [1.165, 1.54) is 0 Å². The Morgan fingerprint density at radius 1 is 1.06 bits per heavy atom. The topological polar surface area (TPSA) is 112 Å². The van der Waals surface area contributed by atoms with Crippen LogP contribution < -0.4 is 0 Å². The first kappa shape index (κ1) is 12.6. The summed E-state index contributed by atoms with van der Waals surface area (Å²) in [5, 5.41) is 25.5. The SMILES string of the molecule is O=[N+]([O-])c1c([N+](=O)[O-])c(Br)c2[se]nnc2c1Br. The molecule has 0 radical (unpaired) electrons. The first-order chi connectivity index (χ1) is 7.95. The van der Waals surface area contributed by atoms with Gasteiger partial charge in [0.25, 0.3) is 0 Å². The molecule has 2 aromatic rings. The van der Waals surface area contributed by atoms with Gasteiger partial charge >= 0.3 is 116 Å². The molecule has 1 aromatic carbocycles. The fraction of sp³-hybridized carbons (Fsp3) is 0. The van der Waals surface area contributed by atoms with Crippen LogP contribution in [-0.2, 0) is 0 Å². The predicted molar refractivity (Wildman–Crippen MR) is 65.2 cm³/mol. The van der Waals surface area contributed by atoms with Crippen molar-refractivity contribution < 1.29 is 9.85 Å². The van der Waals surface area contributed by atoms with Crippen molar-refractivity contribution in [3.63, 3.8) is 0 Å². The predicted octanol–water partition coefficient (Wildman–Crippen LogP) is 2.03. The molecule has 0 bridgehead atoms. The second-order valence-corrected chi connectivity index (χ2v) is 5.96. The van der Waals surface area contributed by atoms with Gasteiger partial charge in [-0.25, -0.2) is 0 Å². The summed E-state index contributed by atoms with van der Waals surface area (Å²) in [6.07, 6.45) is 0. The third kappa shape index (κ3) is 1.88. The van der Waals surface area contributed by atoms with Crippen LogP contribution >= 0.6 is 31.9 Å². The fourth-order valence-electron chi connectivity index (χ4n) is 1.24. The molecule has 8 nitrogen and oxygen atoms in total. The molecule has 0 amide bonds. The number of nitro benzene ring substituents is 2. The number of halogens is 2. The van der Waals surface area contributed by atoms with Crippen molar-refractivity contribution in [1.29, 1.82) is 0 Å². The Bertz CT molecular complexity index is 603. The van der Waals surface area contributed by atoms with Gasteiger partial charge in [0.2, 0.25) is 0 Å². The summed E-state index contributed by atoms with van der Waals surface area (Å²) >= 11 is 5.58. The van der Waals surface area contributed by atoms with Crippen molar-refractivity contribution in [2.24, 2.45) is 0 Å². The van der Waals surface area contributed by atoms with E-state index >= 15 is 0 Å². The summed E-state index contributed by atoms with van der Waals surface area (Å²) in [5.41, 5.74) is -0.902. The van der Waals surface area contributed by atoms with Gasteiger partial charge in [0.15, 0.2) is 0 Å². The van der Waals surface area contributed by atoms with Crippen LogP contribution in [0, 0.1) is 20.2 Å². The molecule has 0 saturated heterocycles. The van der Waals surface area contributed by atoms with E-state index in [0.717, 1.165) is 0 Å². The van der Waals surface area contributed by atoms with Crippen molar-refractivity contribution in [2.45, 2.75) is 0 Å². The summed E-state index contributed by atoms with van der Waals surface area (Å²) in [4.78, 5) is 20.2. The number of nitro groups is 2. The molecular formula is C6Br2N4O4Se. The van der Waals surface area contributed by atoms with Gasteiger partial charge in [0.1, 0.15) is 0 Å². The molecule has 0 aliphatic carbocycles. The van der Waals surface area contributed by atoms with Crippen molar-refractivity contribution in [2.75, 3.05) is 0 Å². The van der Waals surface area contributed by atoms with Gasteiger partial charge in [-0.05, 0) is 0 Å². The van der Waals surface area contributed by atoms with Crippen molar-refractivity contribution in [1.82, 2.24) is 9.19 Å². The molecule has 0 aliphatic rings. The van der Waals surface area contributed by atoms with E-state index in [2.05, 4.69) is 41.1 Å². The van der Waals surface area contributed by atoms with Gasteiger partial charge in [0.05, 0.1) is 0 Å². The monoisotopic (exact) mass is 430 g/mol. The zero-order chi connectivity index (χ0) is 12.7. The van der Waals surface area contributed by atoms with Crippen molar-refractivity contribution in [3.8, 4) is 0 Å². The quantitative estimate of drug-likeness (QED) is 0.409. The maximum atomic E-state index is 10.9. The van der Waals surface area contributed by atoms with Crippen LogP contribution in [0.3, 0.4) is 0 Å². The van der Waals surface area contributed by atoms with Crippen molar-refractivity contribution >= 4 is 67.7 Å². The van der Waals surface area contributed by atoms with Crippen LogP contribution in [0.25, 0.3) is 9.78 Å². The summed E-state index contributed by atoms with van der Waals surface area (Å²) in [7, 11) is 0. The van der Waals surface area contributed by atoms with Gasteiger partial charge in [-0.1, -0.05) is 0 Å². The molecule has 11 heteroatoms. The zero-order valence-corrected chi connectivity index (χ0v) is 12.5. The number of nitrogens with zero attached hydrogens (tertiary/aromatic N) is 4. The molecule has 0 unspecified atom stereocenters. The Kier molecular flexibility index (Phi) is 3.25. The minimum atomic E-state index is -0.811. The van der Waals surface area contributed by atoms with E-state index in [-0.39, 0.29) is 14.5 Å². The van der Waals surface area contributed by atoms with Gasteiger partial charge in [-0.2, -0.15) is 0 Å². The van der Waals surface area contributed by atoms with Gasteiger partial charge < -0.3 is 0 Å².